The lowest BCUT2D eigenvalue weighted by Crippen LogP contribution is -2.37. The maximum Gasteiger partial charge on any atom is 0.230 e. The predicted molar refractivity (Wildman–Crippen MR) is 108 cm³/mol. The third kappa shape index (κ3) is 3.74. The normalized spacial score (nSPS) is 15.3. The molecule has 4 rings (SSSR count). The van der Waals surface area contributed by atoms with Gasteiger partial charge in [-0.05, 0) is 48.9 Å². The number of hydrogen-bond donors (Lipinski definition) is 1. The van der Waals surface area contributed by atoms with Gasteiger partial charge in [0.1, 0.15) is 5.75 Å². The van der Waals surface area contributed by atoms with Crippen molar-refractivity contribution >= 4 is 34.2 Å². The minimum atomic E-state index is 0.0678. The van der Waals surface area contributed by atoms with Gasteiger partial charge in [0.25, 0.3) is 0 Å². The van der Waals surface area contributed by atoms with E-state index < -0.39 is 0 Å². The van der Waals surface area contributed by atoms with Crippen LogP contribution in [0.15, 0.2) is 29.4 Å². The van der Waals surface area contributed by atoms with Gasteiger partial charge in [-0.1, -0.05) is 31.0 Å². The van der Waals surface area contributed by atoms with Crippen LogP contribution in [0.3, 0.4) is 0 Å². The van der Waals surface area contributed by atoms with Crippen LogP contribution in [0, 0.1) is 6.92 Å². The third-order valence-electron chi connectivity index (χ3n) is 5.14. The summed E-state index contributed by atoms with van der Waals surface area (Å²) >= 11 is 1.43. The van der Waals surface area contributed by atoms with Gasteiger partial charge >= 0.3 is 0 Å². The summed E-state index contributed by atoms with van der Waals surface area (Å²) in [5.41, 5.74) is 2.85. The molecule has 0 atom stereocenters. The summed E-state index contributed by atoms with van der Waals surface area (Å²) in [7, 11) is 1.66. The van der Waals surface area contributed by atoms with Crippen LogP contribution in [0.2, 0.25) is 0 Å². The number of fused-ring (bicyclic) bond motifs is 3. The molecule has 1 aliphatic carbocycles. The average Bonchev–Trinajstić information content (AvgIpc) is 3.12. The molecule has 0 spiro atoms. The zero-order valence-corrected chi connectivity index (χ0v) is 16.5. The predicted octanol–water partition coefficient (Wildman–Crippen LogP) is 3.74. The highest BCUT2D eigenvalue weighted by Crippen LogP contribution is 2.28. The second-order valence-electron chi connectivity index (χ2n) is 7.08. The molecule has 0 radical (unpaired) electrons. The van der Waals surface area contributed by atoms with Gasteiger partial charge in [0.2, 0.25) is 5.91 Å². The van der Waals surface area contributed by atoms with E-state index in [-0.39, 0.29) is 5.91 Å². The van der Waals surface area contributed by atoms with Crippen molar-refractivity contribution in [3.63, 3.8) is 0 Å². The molecule has 3 aromatic rings. The number of carbonyl (C=O) groups is 1. The van der Waals surface area contributed by atoms with Crippen molar-refractivity contribution < 1.29 is 9.53 Å². The Bertz CT molecular complexity index is 979. The van der Waals surface area contributed by atoms with Crippen molar-refractivity contribution in [1.82, 2.24) is 19.9 Å². The first-order chi connectivity index (χ1) is 13.2. The molecule has 1 N–H and O–H groups in total. The van der Waals surface area contributed by atoms with Crippen molar-refractivity contribution in [3.05, 3.63) is 29.8 Å². The lowest BCUT2D eigenvalue weighted by Gasteiger charge is -2.22. The molecule has 6 nitrogen and oxygen atoms in total. The molecule has 142 valence electrons. The van der Waals surface area contributed by atoms with Gasteiger partial charge in [0.15, 0.2) is 10.8 Å². The van der Waals surface area contributed by atoms with E-state index in [9.17, 15) is 4.79 Å². The monoisotopic (exact) mass is 384 g/mol. The van der Waals surface area contributed by atoms with Crippen LogP contribution in [-0.2, 0) is 4.79 Å². The zero-order valence-electron chi connectivity index (χ0n) is 15.7. The Labute approximate surface area is 162 Å². The van der Waals surface area contributed by atoms with Crippen LogP contribution in [0.5, 0.6) is 5.75 Å². The van der Waals surface area contributed by atoms with Crippen LogP contribution in [0.25, 0.3) is 16.6 Å². The summed E-state index contributed by atoms with van der Waals surface area (Å²) in [6, 6.07) is 8.39. The van der Waals surface area contributed by atoms with E-state index >= 15 is 0 Å². The summed E-state index contributed by atoms with van der Waals surface area (Å²) < 4.78 is 7.40. The van der Waals surface area contributed by atoms with Crippen molar-refractivity contribution in [2.24, 2.45) is 0 Å². The second-order valence-corrected chi connectivity index (χ2v) is 8.03. The Morgan fingerprint density at radius 3 is 2.85 bits per heavy atom. The fraction of sp³-hybridized carbons (Fsp3) is 0.450. The lowest BCUT2D eigenvalue weighted by molar-refractivity contribution is -0.119. The van der Waals surface area contributed by atoms with Gasteiger partial charge in [0, 0.05) is 12.1 Å². The molecule has 0 bridgehead atoms. The Morgan fingerprint density at radius 1 is 1.26 bits per heavy atom. The topological polar surface area (TPSA) is 68.5 Å². The number of amides is 1. The Kier molecular flexibility index (Phi) is 5.20. The molecule has 2 heterocycles. The molecular weight excluding hydrogens is 360 g/mol. The van der Waals surface area contributed by atoms with Gasteiger partial charge in [-0.2, -0.15) is 0 Å². The van der Waals surface area contributed by atoms with Crippen LogP contribution in [0.1, 0.15) is 37.7 Å². The largest absolute Gasteiger partial charge is 0.497 e. The van der Waals surface area contributed by atoms with Gasteiger partial charge in [-0.25, -0.2) is 0 Å². The minimum absolute atomic E-state index is 0.0678. The highest BCUT2D eigenvalue weighted by atomic mass is 32.2. The number of thioether (sulfide) groups is 1. The second kappa shape index (κ2) is 7.76. The maximum atomic E-state index is 12.4. The van der Waals surface area contributed by atoms with Crippen LogP contribution in [-0.4, -0.2) is 39.4 Å². The van der Waals surface area contributed by atoms with E-state index in [0.717, 1.165) is 45.9 Å². The Hall–Kier alpha value is -2.28. The van der Waals surface area contributed by atoms with Crippen LogP contribution >= 0.6 is 11.8 Å². The number of aryl methyl sites for hydroxylation is 1. The molecular formula is C20H24N4O2S. The number of benzene rings is 1. The average molecular weight is 385 g/mol. The van der Waals surface area contributed by atoms with Crippen molar-refractivity contribution in [1.29, 1.82) is 0 Å². The van der Waals surface area contributed by atoms with Crippen LogP contribution in [0.4, 0.5) is 0 Å². The molecule has 0 saturated heterocycles. The highest BCUT2D eigenvalue weighted by Gasteiger charge is 2.18. The fourth-order valence-electron chi connectivity index (χ4n) is 3.75. The standard InChI is InChI=1S/C20H24N4O2S/c1-13-10-14-8-9-16(26-2)11-17(14)24-19(13)22-23-20(24)27-12-18(25)21-15-6-4-3-5-7-15/h8-11,15H,3-7,12H2,1-2H3,(H,21,25). The quantitative estimate of drug-likeness (QED) is 0.679. The number of ether oxygens (including phenoxy) is 1. The number of nitrogens with zero attached hydrogens (tertiary/aromatic N) is 3. The smallest absolute Gasteiger partial charge is 0.230 e. The number of carbonyl (C=O) groups excluding carboxylic acids is 1. The number of aromatic nitrogens is 3. The summed E-state index contributed by atoms with van der Waals surface area (Å²) in [6.45, 7) is 2.03. The van der Waals surface area contributed by atoms with E-state index in [2.05, 4.69) is 21.6 Å². The van der Waals surface area contributed by atoms with Gasteiger partial charge in [-0.3, -0.25) is 9.20 Å². The zero-order chi connectivity index (χ0) is 18.8. The van der Waals surface area contributed by atoms with Crippen molar-refractivity contribution in [3.8, 4) is 5.75 Å². The fourth-order valence-corrected chi connectivity index (χ4v) is 4.50. The molecule has 1 fully saturated rings. The van der Waals surface area contributed by atoms with Crippen LogP contribution < -0.4 is 10.1 Å². The molecule has 1 saturated carbocycles. The van der Waals surface area contributed by atoms with Gasteiger partial charge < -0.3 is 10.1 Å². The molecule has 0 unspecified atom stereocenters. The molecule has 1 aromatic carbocycles. The molecule has 2 aromatic heterocycles. The maximum absolute atomic E-state index is 12.4. The number of nitrogens with one attached hydrogen (secondary N) is 1. The molecule has 27 heavy (non-hydrogen) atoms. The Morgan fingerprint density at radius 2 is 2.07 bits per heavy atom. The minimum Gasteiger partial charge on any atom is -0.497 e. The van der Waals surface area contributed by atoms with Gasteiger partial charge in [-0.15, -0.1) is 10.2 Å². The molecule has 0 aliphatic heterocycles. The van der Waals surface area contributed by atoms with Gasteiger partial charge in [0.05, 0.1) is 18.4 Å². The lowest BCUT2D eigenvalue weighted by atomic mass is 9.95. The molecule has 1 amide bonds. The van der Waals surface area contributed by atoms with E-state index in [0.29, 0.717) is 11.8 Å². The molecule has 1 aliphatic rings. The number of rotatable bonds is 5. The number of pyridine rings is 1. The summed E-state index contributed by atoms with van der Waals surface area (Å²) in [4.78, 5) is 12.4. The molecule has 7 heteroatoms. The first kappa shape index (κ1) is 18.1. The summed E-state index contributed by atoms with van der Waals surface area (Å²) in [5.74, 6) is 1.20. The third-order valence-corrected chi connectivity index (χ3v) is 6.07. The summed E-state index contributed by atoms with van der Waals surface area (Å²) in [5, 5.41) is 13.7. The summed E-state index contributed by atoms with van der Waals surface area (Å²) in [6.07, 6.45) is 5.88. The van der Waals surface area contributed by atoms with Crippen molar-refractivity contribution in [2.75, 3.05) is 12.9 Å². The first-order valence-electron chi connectivity index (χ1n) is 9.40. The van der Waals surface area contributed by atoms with E-state index in [4.69, 9.17) is 4.74 Å². The number of methoxy groups -OCH3 is 1. The van der Waals surface area contributed by atoms with E-state index in [1.807, 2.05) is 29.5 Å². The van der Waals surface area contributed by atoms with E-state index in [1.54, 1.807) is 7.11 Å². The first-order valence-corrected chi connectivity index (χ1v) is 10.4. The van der Waals surface area contributed by atoms with E-state index in [1.165, 1.54) is 31.0 Å². The SMILES string of the molecule is COc1ccc2cc(C)c3nnc(SCC(=O)NC4CCCCC4)n3c2c1. The highest BCUT2D eigenvalue weighted by molar-refractivity contribution is 7.99. The Balaban J connectivity index is 1.59. The van der Waals surface area contributed by atoms with Crippen molar-refractivity contribution in [2.45, 2.75) is 50.2 Å². The number of hydrogen-bond acceptors (Lipinski definition) is 5.